The second-order valence-corrected chi connectivity index (χ2v) is 10.9. The summed E-state index contributed by atoms with van der Waals surface area (Å²) in [5, 5.41) is 5.72. The molecule has 3 aromatic rings. The lowest BCUT2D eigenvalue weighted by molar-refractivity contribution is -0.117. The number of benzene rings is 3. The molecule has 0 bridgehead atoms. The van der Waals surface area contributed by atoms with Crippen LogP contribution in [0.1, 0.15) is 27.4 Å². The van der Waals surface area contributed by atoms with Gasteiger partial charge in [0.25, 0.3) is 5.91 Å². The first-order valence-corrected chi connectivity index (χ1v) is 12.2. The molecule has 188 valence electrons. The highest BCUT2D eigenvalue weighted by Gasteiger charge is 2.67. The molecule has 0 aromatic heterocycles. The molecule has 4 N–H and O–H groups in total. The number of hydrogen-bond donors (Lipinski definition) is 3. The minimum atomic E-state index is -1.39. The van der Waals surface area contributed by atoms with Gasteiger partial charge in [-0.1, -0.05) is 40.9 Å². The number of rotatable bonds is 5. The monoisotopic (exact) mass is 591 g/mol. The summed E-state index contributed by atoms with van der Waals surface area (Å²) in [5.74, 6) is -4.64. The number of nitrogen functional groups attached to an aromatic ring is 1. The van der Waals surface area contributed by atoms with E-state index in [1.807, 2.05) is 0 Å². The van der Waals surface area contributed by atoms with E-state index in [1.54, 1.807) is 31.2 Å². The number of hydrogen-bond acceptors (Lipinski definition) is 3. The molecule has 1 saturated carbocycles. The third kappa shape index (κ3) is 5.08. The summed E-state index contributed by atoms with van der Waals surface area (Å²) in [4.78, 5) is 25.9. The number of amides is 2. The third-order valence-electron chi connectivity index (χ3n) is 5.74. The molecule has 1 aliphatic carbocycles. The number of halogens is 7. The molecule has 2 amide bonds. The number of aryl methyl sites for hydroxylation is 1. The van der Waals surface area contributed by atoms with Crippen LogP contribution in [0.2, 0.25) is 15.1 Å². The predicted molar refractivity (Wildman–Crippen MR) is 141 cm³/mol. The Morgan fingerprint density at radius 2 is 1.64 bits per heavy atom. The maximum Gasteiger partial charge on any atom is 0.257 e. The Labute approximate surface area is 229 Å². The molecule has 1 unspecified atom stereocenters. The van der Waals surface area contributed by atoms with Crippen molar-refractivity contribution in [1.82, 2.24) is 0 Å². The second kappa shape index (κ2) is 9.88. The van der Waals surface area contributed by atoms with Crippen LogP contribution in [0.15, 0.2) is 42.5 Å². The van der Waals surface area contributed by atoms with Crippen LogP contribution >= 0.6 is 58.0 Å². The largest absolute Gasteiger partial charge is 0.396 e. The van der Waals surface area contributed by atoms with Crippen molar-refractivity contribution in [2.75, 3.05) is 16.4 Å². The Hall–Kier alpha value is -2.29. The molecule has 0 saturated heterocycles. The van der Waals surface area contributed by atoms with E-state index < -0.39 is 39.6 Å². The lowest BCUT2D eigenvalue weighted by Gasteiger charge is -2.13. The van der Waals surface area contributed by atoms with E-state index in [0.29, 0.717) is 27.2 Å². The van der Waals surface area contributed by atoms with Crippen molar-refractivity contribution < 1.29 is 18.4 Å². The summed E-state index contributed by atoms with van der Waals surface area (Å²) in [6.45, 7) is 1.62. The van der Waals surface area contributed by atoms with Crippen LogP contribution in [0.4, 0.5) is 25.8 Å². The van der Waals surface area contributed by atoms with Gasteiger partial charge in [-0.25, -0.2) is 8.78 Å². The van der Waals surface area contributed by atoms with Gasteiger partial charge in [0.2, 0.25) is 5.91 Å². The first-order valence-electron chi connectivity index (χ1n) is 10.3. The number of carbonyl (C=O) groups excluding carboxylic acids is 2. The molecular formula is C24H16Cl5F2N3O2. The van der Waals surface area contributed by atoms with E-state index in [4.69, 9.17) is 63.7 Å². The fraction of sp³-hybridized carbons (Fsp3) is 0.167. The van der Waals surface area contributed by atoms with Gasteiger partial charge in [0, 0.05) is 17.7 Å². The Bertz CT molecular complexity index is 1420. The lowest BCUT2D eigenvalue weighted by Crippen LogP contribution is -2.19. The van der Waals surface area contributed by atoms with E-state index in [0.717, 1.165) is 6.07 Å². The Balaban J connectivity index is 1.56. The highest BCUT2D eigenvalue weighted by Crippen LogP contribution is 2.65. The van der Waals surface area contributed by atoms with Crippen LogP contribution in [0.3, 0.4) is 0 Å². The average Bonchev–Trinajstić information content (AvgIpc) is 3.38. The molecule has 1 aliphatic rings. The molecular weight excluding hydrogens is 578 g/mol. The number of carbonyl (C=O) groups is 2. The smallest absolute Gasteiger partial charge is 0.257 e. The Morgan fingerprint density at radius 3 is 2.31 bits per heavy atom. The Kier molecular flexibility index (Phi) is 7.34. The first-order chi connectivity index (χ1) is 16.8. The van der Waals surface area contributed by atoms with Gasteiger partial charge in [0.1, 0.15) is 16.0 Å². The van der Waals surface area contributed by atoms with Gasteiger partial charge in [-0.2, -0.15) is 0 Å². The Morgan fingerprint density at radius 1 is 0.944 bits per heavy atom. The zero-order chi connectivity index (χ0) is 26.5. The molecule has 36 heavy (non-hydrogen) atoms. The fourth-order valence-electron chi connectivity index (χ4n) is 3.85. The van der Waals surface area contributed by atoms with Crippen LogP contribution in [-0.4, -0.2) is 16.1 Å². The lowest BCUT2D eigenvalue weighted by atomic mass is 10.1. The van der Waals surface area contributed by atoms with Crippen molar-refractivity contribution in [1.29, 1.82) is 0 Å². The molecule has 5 nitrogen and oxygen atoms in total. The van der Waals surface area contributed by atoms with Gasteiger partial charge < -0.3 is 16.4 Å². The highest BCUT2D eigenvalue weighted by molar-refractivity contribution is 6.53. The average molecular weight is 594 g/mol. The van der Waals surface area contributed by atoms with Gasteiger partial charge in [0.05, 0.1) is 37.9 Å². The second-order valence-electron chi connectivity index (χ2n) is 8.26. The first kappa shape index (κ1) is 26.8. The predicted octanol–water partition coefficient (Wildman–Crippen LogP) is 7.59. The van der Waals surface area contributed by atoms with E-state index in [1.165, 1.54) is 6.07 Å². The standard InChI is InChI=1S/C24H16Cl5F2N3O2/c1-9-4-11(6-12(21(9)27)22(35)34-18-8-17(32)15(30)7-16(18)31)33-23(36)20-19(24(20,28)29)10-2-3-13(25)14(26)5-10/h2-8,19-20H,32H2,1H3,(H,33,36)(H,34,35)/t19-,20?/m0/s1. The molecule has 0 heterocycles. The van der Waals surface area contributed by atoms with Crippen molar-refractivity contribution >= 4 is 86.9 Å². The summed E-state index contributed by atoms with van der Waals surface area (Å²) in [5.41, 5.74) is 6.05. The molecule has 0 spiro atoms. The number of alkyl halides is 2. The van der Waals surface area contributed by atoms with Gasteiger partial charge in [-0.15, -0.1) is 23.2 Å². The minimum absolute atomic E-state index is 0.0610. The van der Waals surface area contributed by atoms with Crippen LogP contribution in [0.5, 0.6) is 0 Å². The topological polar surface area (TPSA) is 84.2 Å². The summed E-state index contributed by atoms with van der Waals surface area (Å²) < 4.78 is 26.1. The summed E-state index contributed by atoms with van der Waals surface area (Å²) in [6.07, 6.45) is 0. The van der Waals surface area contributed by atoms with Gasteiger partial charge >= 0.3 is 0 Å². The summed E-state index contributed by atoms with van der Waals surface area (Å²) in [6, 6.07) is 9.23. The normalized spacial score (nSPS) is 18.0. The van der Waals surface area contributed by atoms with Crippen LogP contribution in [0, 0.1) is 24.5 Å². The van der Waals surface area contributed by atoms with Crippen LogP contribution in [-0.2, 0) is 4.79 Å². The van der Waals surface area contributed by atoms with Crippen molar-refractivity contribution in [3.05, 3.63) is 85.9 Å². The number of nitrogens with two attached hydrogens (primary N) is 1. The van der Waals surface area contributed by atoms with Gasteiger partial charge in [-0.3, -0.25) is 9.59 Å². The van der Waals surface area contributed by atoms with E-state index in [9.17, 15) is 18.4 Å². The maximum absolute atomic E-state index is 14.1. The van der Waals surface area contributed by atoms with Crippen molar-refractivity contribution in [3.63, 3.8) is 0 Å². The molecule has 2 atom stereocenters. The summed E-state index contributed by atoms with van der Waals surface area (Å²) >= 11 is 31.1. The number of nitrogens with one attached hydrogen (secondary N) is 2. The zero-order valence-corrected chi connectivity index (χ0v) is 22.0. The van der Waals surface area contributed by atoms with Crippen LogP contribution < -0.4 is 16.4 Å². The molecule has 12 heteroatoms. The zero-order valence-electron chi connectivity index (χ0n) is 18.2. The maximum atomic E-state index is 14.1. The molecule has 3 aromatic carbocycles. The van der Waals surface area contributed by atoms with Gasteiger partial charge in [-0.05, 0) is 48.4 Å². The van der Waals surface area contributed by atoms with Gasteiger partial charge in [0.15, 0.2) is 0 Å². The quantitative estimate of drug-likeness (QED) is 0.211. The van der Waals surface area contributed by atoms with E-state index >= 15 is 0 Å². The molecule has 0 radical (unpaired) electrons. The van der Waals surface area contributed by atoms with Crippen molar-refractivity contribution in [3.8, 4) is 0 Å². The highest BCUT2D eigenvalue weighted by atomic mass is 35.5. The minimum Gasteiger partial charge on any atom is -0.396 e. The van der Waals surface area contributed by atoms with E-state index in [-0.39, 0.29) is 27.6 Å². The fourth-order valence-corrected chi connectivity index (χ4v) is 5.18. The molecule has 0 aliphatic heterocycles. The molecule has 1 fully saturated rings. The van der Waals surface area contributed by atoms with Crippen molar-refractivity contribution in [2.24, 2.45) is 5.92 Å². The summed E-state index contributed by atoms with van der Waals surface area (Å²) in [7, 11) is 0. The van der Waals surface area contributed by atoms with Crippen molar-refractivity contribution in [2.45, 2.75) is 17.2 Å². The third-order valence-corrected chi connectivity index (χ3v) is 7.92. The SMILES string of the molecule is Cc1cc(NC(=O)C2[C@H](c3ccc(Cl)c(Cl)c3)C2(Cl)Cl)cc(C(=O)Nc2cc(N)c(F)cc2F)c1Cl. The molecule has 4 rings (SSSR count). The van der Waals surface area contributed by atoms with E-state index in [2.05, 4.69) is 10.6 Å². The van der Waals surface area contributed by atoms with Crippen LogP contribution in [0.25, 0.3) is 0 Å². The number of anilines is 3.